The molecule has 194 valence electrons. The molecule has 0 saturated carbocycles. The number of carbonyl (C=O) groups is 2. The van der Waals surface area contributed by atoms with Crippen molar-refractivity contribution in [3.05, 3.63) is 0 Å². The van der Waals surface area contributed by atoms with Crippen LogP contribution < -0.4 is 5.32 Å². The van der Waals surface area contributed by atoms with Gasteiger partial charge in [-0.25, -0.2) is 4.39 Å². The van der Waals surface area contributed by atoms with Crippen LogP contribution >= 0.6 is 0 Å². The number of hydrogen-bond acceptors (Lipinski definition) is 7. The lowest BCUT2D eigenvalue weighted by molar-refractivity contribution is -0.124. The Bertz CT molecular complexity index is 412. The quantitative estimate of drug-likeness (QED) is 0.290. The molecule has 0 rings (SSSR count). The average molecular weight is 470 g/mol. The van der Waals surface area contributed by atoms with Crippen molar-refractivity contribution in [2.24, 2.45) is 5.92 Å². The monoisotopic (exact) mass is 469 g/mol. The maximum Gasteiger partial charge on any atom is 0.222 e. The minimum atomic E-state index is -1.26. The van der Waals surface area contributed by atoms with Gasteiger partial charge in [0.05, 0.1) is 65.5 Å². The van der Waals surface area contributed by atoms with E-state index in [-0.39, 0.29) is 37.4 Å². The highest BCUT2D eigenvalue weighted by molar-refractivity contribution is 5.77. The molecule has 0 spiro atoms. The van der Waals surface area contributed by atoms with Crippen LogP contribution in [0, 0.1) is 5.92 Å². The van der Waals surface area contributed by atoms with Crippen molar-refractivity contribution in [3.63, 3.8) is 0 Å². The molecule has 0 bridgehead atoms. The zero-order valence-electron chi connectivity index (χ0n) is 21.5. The van der Waals surface area contributed by atoms with Crippen molar-refractivity contribution in [1.82, 2.24) is 5.32 Å². The number of halogens is 1. The van der Waals surface area contributed by atoms with Gasteiger partial charge in [-0.05, 0) is 13.8 Å². The fourth-order valence-corrected chi connectivity index (χ4v) is 1.84. The smallest absolute Gasteiger partial charge is 0.222 e. The van der Waals surface area contributed by atoms with Crippen LogP contribution in [0.1, 0.15) is 55.4 Å². The van der Waals surface area contributed by atoms with Crippen LogP contribution in [0.25, 0.3) is 0 Å². The van der Waals surface area contributed by atoms with Gasteiger partial charge in [0.1, 0.15) is 12.8 Å². The first-order valence-electron chi connectivity index (χ1n) is 11.7. The van der Waals surface area contributed by atoms with Crippen molar-refractivity contribution < 1.29 is 37.7 Å². The fourth-order valence-electron chi connectivity index (χ4n) is 1.84. The van der Waals surface area contributed by atoms with Crippen LogP contribution in [-0.2, 0) is 33.3 Å². The second-order valence-corrected chi connectivity index (χ2v) is 6.58. The van der Waals surface area contributed by atoms with Gasteiger partial charge in [-0.1, -0.05) is 41.5 Å². The largest absolute Gasteiger partial charge is 0.377 e. The van der Waals surface area contributed by atoms with Crippen molar-refractivity contribution in [2.45, 2.75) is 67.7 Å². The molecule has 0 saturated heterocycles. The number of nitrogens with one attached hydrogen (secondary N) is 1. The topological polar surface area (TPSA) is 92.3 Å². The van der Waals surface area contributed by atoms with E-state index in [1.54, 1.807) is 20.8 Å². The lowest BCUT2D eigenvalue weighted by atomic mass is 10.2. The number of rotatable bonds is 19. The van der Waals surface area contributed by atoms with E-state index >= 15 is 0 Å². The van der Waals surface area contributed by atoms with Gasteiger partial charge in [-0.2, -0.15) is 0 Å². The molecule has 0 aromatic rings. The summed E-state index contributed by atoms with van der Waals surface area (Å²) in [6.45, 7) is 17.8. The molecule has 2 atom stereocenters. The summed E-state index contributed by atoms with van der Waals surface area (Å²) in [6, 6.07) is 0. The first-order chi connectivity index (χ1) is 15.3. The lowest BCUT2D eigenvalue weighted by Gasteiger charge is -2.18. The minimum absolute atomic E-state index is 0.0113. The Hall–Kier alpha value is -1.13. The standard InChI is InChI=1S/C19H36FNO7.2C2H6/c1-15(2)19(23)21-13-18(20)17(4)28-12-11-26-8-7-24-5-6-25-9-10-27-14-16(3)22;2*1-2/h15,17-18H,5-14H2,1-4H3,(H,21,23);2*1-2H3. The third-order valence-electron chi connectivity index (χ3n) is 3.53. The molecule has 0 aromatic carbocycles. The molecule has 9 heteroatoms. The Morgan fingerprint density at radius 2 is 1.16 bits per heavy atom. The number of amides is 1. The molecule has 1 N–H and O–H groups in total. The number of Topliss-reactive ketones (excluding diaryl/α,β-unsaturated/α-hetero) is 1. The van der Waals surface area contributed by atoms with Gasteiger partial charge >= 0.3 is 0 Å². The minimum Gasteiger partial charge on any atom is -0.377 e. The first kappa shape index (κ1) is 35.5. The van der Waals surface area contributed by atoms with Gasteiger partial charge in [0.15, 0.2) is 5.78 Å². The summed E-state index contributed by atoms with van der Waals surface area (Å²) in [5.74, 6) is -0.356. The molecule has 1 amide bonds. The van der Waals surface area contributed by atoms with E-state index < -0.39 is 12.3 Å². The molecule has 0 aliphatic heterocycles. The highest BCUT2D eigenvalue weighted by Gasteiger charge is 2.18. The molecule has 32 heavy (non-hydrogen) atoms. The van der Waals surface area contributed by atoms with Crippen molar-refractivity contribution in [3.8, 4) is 0 Å². The van der Waals surface area contributed by atoms with Crippen molar-refractivity contribution in [2.75, 3.05) is 66.0 Å². The maximum atomic E-state index is 13.9. The zero-order valence-corrected chi connectivity index (χ0v) is 21.5. The summed E-state index contributed by atoms with van der Waals surface area (Å²) in [6.07, 6.45) is -1.89. The molecule has 0 aliphatic carbocycles. The summed E-state index contributed by atoms with van der Waals surface area (Å²) in [7, 11) is 0. The molecular weight excluding hydrogens is 421 g/mol. The van der Waals surface area contributed by atoms with Crippen LogP contribution in [0.15, 0.2) is 0 Å². The van der Waals surface area contributed by atoms with E-state index in [4.69, 9.17) is 23.7 Å². The van der Waals surface area contributed by atoms with Crippen LogP contribution in [0.2, 0.25) is 0 Å². The fraction of sp³-hybridized carbons (Fsp3) is 0.913. The molecule has 0 fully saturated rings. The van der Waals surface area contributed by atoms with E-state index in [0.717, 1.165) is 0 Å². The molecule has 8 nitrogen and oxygen atoms in total. The van der Waals surface area contributed by atoms with Crippen LogP contribution in [0.3, 0.4) is 0 Å². The van der Waals surface area contributed by atoms with Gasteiger partial charge in [0.2, 0.25) is 5.91 Å². The number of carbonyl (C=O) groups excluding carboxylic acids is 2. The van der Waals surface area contributed by atoms with Gasteiger partial charge in [-0.3, -0.25) is 9.59 Å². The van der Waals surface area contributed by atoms with E-state index in [1.165, 1.54) is 6.92 Å². The predicted molar refractivity (Wildman–Crippen MR) is 125 cm³/mol. The van der Waals surface area contributed by atoms with Gasteiger partial charge in [0.25, 0.3) is 0 Å². The maximum absolute atomic E-state index is 13.9. The molecule has 0 radical (unpaired) electrons. The number of alkyl halides is 1. The molecule has 2 unspecified atom stereocenters. The van der Waals surface area contributed by atoms with Crippen LogP contribution in [0.4, 0.5) is 4.39 Å². The van der Waals surface area contributed by atoms with E-state index in [9.17, 15) is 14.0 Å². The normalized spacial score (nSPS) is 12.2. The second-order valence-electron chi connectivity index (χ2n) is 6.58. The second kappa shape index (κ2) is 27.9. The van der Waals surface area contributed by atoms with Crippen LogP contribution in [0.5, 0.6) is 0 Å². The summed E-state index contributed by atoms with van der Waals surface area (Å²) < 4.78 is 40.2. The molecule has 0 aromatic heterocycles. The molecule has 0 aliphatic rings. The Kier molecular flexibility index (Phi) is 30.9. The Balaban J connectivity index is -0.00000198. The first-order valence-corrected chi connectivity index (χ1v) is 11.7. The van der Waals surface area contributed by atoms with Crippen molar-refractivity contribution in [1.29, 1.82) is 0 Å². The number of ketones is 1. The van der Waals surface area contributed by atoms with E-state index in [2.05, 4.69) is 5.32 Å². The Labute approximate surface area is 194 Å². The summed E-state index contributed by atoms with van der Waals surface area (Å²) in [5.41, 5.74) is 0. The van der Waals surface area contributed by atoms with Crippen LogP contribution in [-0.4, -0.2) is 90.0 Å². The SMILES string of the molecule is CC.CC.CC(=O)COCCOCCOCCOCCOC(C)C(F)CNC(=O)C(C)C. The van der Waals surface area contributed by atoms with E-state index in [0.29, 0.717) is 46.2 Å². The van der Waals surface area contributed by atoms with Gasteiger partial charge in [0, 0.05) is 5.92 Å². The number of hydrogen-bond donors (Lipinski definition) is 1. The molecular formula is C23H48FNO7. The predicted octanol–water partition coefficient (Wildman–Crippen LogP) is 3.21. The Morgan fingerprint density at radius 3 is 1.56 bits per heavy atom. The molecule has 0 heterocycles. The Morgan fingerprint density at radius 1 is 0.750 bits per heavy atom. The summed E-state index contributed by atoms with van der Waals surface area (Å²) >= 11 is 0. The highest BCUT2D eigenvalue weighted by atomic mass is 19.1. The third kappa shape index (κ3) is 26.9. The number of ether oxygens (including phenoxy) is 5. The third-order valence-corrected chi connectivity index (χ3v) is 3.53. The van der Waals surface area contributed by atoms with Crippen molar-refractivity contribution >= 4 is 11.7 Å². The summed E-state index contributed by atoms with van der Waals surface area (Å²) in [4.78, 5) is 22.0. The average Bonchev–Trinajstić information content (AvgIpc) is 2.79. The van der Waals surface area contributed by atoms with E-state index in [1.807, 2.05) is 27.7 Å². The zero-order chi connectivity index (χ0) is 25.2. The summed E-state index contributed by atoms with van der Waals surface area (Å²) in [5, 5.41) is 2.54. The van der Waals surface area contributed by atoms with Gasteiger partial charge in [-0.15, -0.1) is 0 Å². The van der Waals surface area contributed by atoms with Gasteiger partial charge < -0.3 is 29.0 Å². The lowest BCUT2D eigenvalue weighted by Crippen LogP contribution is -2.38. The highest BCUT2D eigenvalue weighted by Crippen LogP contribution is 2.03.